The molecule has 1 aliphatic carbocycles. The van der Waals surface area contributed by atoms with E-state index in [0.717, 1.165) is 43.3 Å². The Balaban J connectivity index is 2.06. The predicted molar refractivity (Wildman–Crippen MR) is 78.1 cm³/mol. The van der Waals surface area contributed by atoms with Gasteiger partial charge >= 0.3 is 0 Å². The quantitative estimate of drug-likeness (QED) is 0.810. The van der Waals surface area contributed by atoms with Crippen LogP contribution < -0.4 is 4.74 Å². The van der Waals surface area contributed by atoms with Gasteiger partial charge in [-0.15, -0.1) is 0 Å². The number of carbonyl (C=O) groups excluding carboxylic acids is 1. The van der Waals surface area contributed by atoms with Gasteiger partial charge in [0.2, 0.25) is 0 Å². The Morgan fingerprint density at radius 3 is 2.70 bits per heavy atom. The molecule has 1 aliphatic rings. The molecule has 20 heavy (non-hydrogen) atoms. The highest BCUT2D eigenvalue weighted by molar-refractivity contribution is 5.75. The highest BCUT2D eigenvalue weighted by atomic mass is 16.5. The van der Waals surface area contributed by atoms with Crippen molar-refractivity contribution in [3.05, 3.63) is 29.3 Å². The number of benzene rings is 1. The van der Waals surface area contributed by atoms with Gasteiger partial charge < -0.3 is 9.84 Å². The van der Waals surface area contributed by atoms with Crippen LogP contribution in [0.15, 0.2) is 18.2 Å². The van der Waals surface area contributed by atoms with Gasteiger partial charge in [-0.2, -0.15) is 0 Å². The summed E-state index contributed by atoms with van der Waals surface area (Å²) in [5, 5.41) is 10.4. The lowest BCUT2D eigenvalue weighted by Gasteiger charge is -2.29. The molecule has 1 saturated carbocycles. The number of rotatable bonds is 6. The van der Waals surface area contributed by atoms with Gasteiger partial charge in [-0.1, -0.05) is 12.8 Å². The van der Waals surface area contributed by atoms with Gasteiger partial charge in [0, 0.05) is 24.2 Å². The van der Waals surface area contributed by atoms with E-state index < -0.39 is 5.60 Å². The van der Waals surface area contributed by atoms with Crippen molar-refractivity contribution in [1.82, 2.24) is 4.90 Å². The first kappa shape index (κ1) is 15.0. The van der Waals surface area contributed by atoms with Crippen LogP contribution in [0.5, 0.6) is 5.75 Å². The maximum absolute atomic E-state index is 10.9. The van der Waals surface area contributed by atoms with Crippen molar-refractivity contribution in [2.75, 3.05) is 20.7 Å². The van der Waals surface area contributed by atoms with E-state index in [1.54, 1.807) is 13.2 Å². The molecule has 4 heteroatoms. The van der Waals surface area contributed by atoms with E-state index in [4.69, 9.17) is 4.74 Å². The van der Waals surface area contributed by atoms with Crippen LogP contribution in [0.1, 0.15) is 41.6 Å². The molecule has 0 radical (unpaired) electrons. The second-order valence-electron chi connectivity index (χ2n) is 5.79. The Bertz CT molecular complexity index is 467. The zero-order valence-corrected chi connectivity index (χ0v) is 12.3. The molecule has 0 saturated heterocycles. The molecule has 2 rings (SSSR count). The molecule has 0 atom stereocenters. The lowest BCUT2D eigenvalue weighted by atomic mass is 10.0. The van der Waals surface area contributed by atoms with Gasteiger partial charge in [0.1, 0.15) is 12.0 Å². The largest absolute Gasteiger partial charge is 0.496 e. The van der Waals surface area contributed by atoms with E-state index in [1.807, 2.05) is 19.2 Å². The van der Waals surface area contributed by atoms with Crippen molar-refractivity contribution in [2.24, 2.45) is 0 Å². The van der Waals surface area contributed by atoms with E-state index in [1.165, 1.54) is 0 Å². The minimum Gasteiger partial charge on any atom is -0.496 e. The molecule has 110 valence electrons. The molecule has 0 bridgehead atoms. The summed E-state index contributed by atoms with van der Waals surface area (Å²) in [7, 11) is 3.62. The standard InChI is InChI=1S/C16H23NO3/c1-17(12-16(19)7-3-4-8-16)10-14-9-13(11-18)5-6-15(14)20-2/h5-6,9,11,19H,3-4,7-8,10,12H2,1-2H3. The van der Waals surface area contributed by atoms with Crippen LogP contribution >= 0.6 is 0 Å². The third-order valence-electron chi connectivity index (χ3n) is 3.98. The molecule has 1 fully saturated rings. The number of methoxy groups -OCH3 is 1. The molecular weight excluding hydrogens is 254 g/mol. The second kappa shape index (κ2) is 6.37. The van der Waals surface area contributed by atoms with Crippen molar-refractivity contribution >= 4 is 6.29 Å². The highest BCUT2D eigenvalue weighted by Gasteiger charge is 2.32. The molecule has 0 aliphatic heterocycles. The molecule has 1 aromatic rings. The zero-order valence-electron chi connectivity index (χ0n) is 12.3. The summed E-state index contributed by atoms with van der Waals surface area (Å²) in [6, 6.07) is 5.41. The first-order valence-corrected chi connectivity index (χ1v) is 7.09. The van der Waals surface area contributed by atoms with Crippen LogP contribution in [0.25, 0.3) is 0 Å². The second-order valence-corrected chi connectivity index (χ2v) is 5.79. The molecule has 1 N–H and O–H groups in total. The first-order valence-electron chi connectivity index (χ1n) is 7.09. The summed E-state index contributed by atoms with van der Waals surface area (Å²) in [4.78, 5) is 13.0. The maximum Gasteiger partial charge on any atom is 0.150 e. The Kier molecular flexibility index (Phi) is 4.78. The molecule has 4 nitrogen and oxygen atoms in total. The van der Waals surface area contributed by atoms with E-state index in [0.29, 0.717) is 18.7 Å². The lowest BCUT2D eigenvalue weighted by molar-refractivity contribution is 0.0144. The van der Waals surface area contributed by atoms with Crippen molar-refractivity contribution < 1.29 is 14.6 Å². The van der Waals surface area contributed by atoms with Crippen LogP contribution in [0.2, 0.25) is 0 Å². The summed E-state index contributed by atoms with van der Waals surface area (Å²) >= 11 is 0. The minimum atomic E-state index is -0.551. The lowest BCUT2D eigenvalue weighted by Crippen LogP contribution is -2.38. The summed E-state index contributed by atoms with van der Waals surface area (Å²) in [5.41, 5.74) is 1.07. The Hall–Kier alpha value is -1.39. The number of ether oxygens (including phenoxy) is 1. The Morgan fingerprint density at radius 2 is 2.10 bits per heavy atom. The van der Waals surface area contributed by atoms with Gasteiger partial charge in [-0.25, -0.2) is 0 Å². The third kappa shape index (κ3) is 3.58. The summed E-state index contributed by atoms with van der Waals surface area (Å²) in [6.45, 7) is 1.31. The summed E-state index contributed by atoms with van der Waals surface area (Å²) < 4.78 is 5.34. The van der Waals surface area contributed by atoms with Crippen LogP contribution in [-0.4, -0.2) is 42.6 Å². The number of aliphatic hydroxyl groups is 1. The highest BCUT2D eigenvalue weighted by Crippen LogP contribution is 2.30. The number of nitrogens with zero attached hydrogens (tertiary/aromatic N) is 1. The van der Waals surface area contributed by atoms with Crippen molar-refractivity contribution in [2.45, 2.75) is 37.8 Å². The number of likely N-dealkylation sites (N-methyl/N-ethyl adjacent to an activating group) is 1. The van der Waals surface area contributed by atoms with Crippen LogP contribution in [0.4, 0.5) is 0 Å². The number of aldehydes is 1. The first-order chi connectivity index (χ1) is 9.56. The van der Waals surface area contributed by atoms with Crippen molar-refractivity contribution in [1.29, 1.82) is 0 Å². The summed E-state index contributed by atoms with van der Waals surface area (Å²) in [5.74, 6) is 0.779. The molecule has 0 spiro atoms. The maximum atomic E-state index is 10.9. The fourth-order valence-corrected chi connectivity index (χ4v) is 3.04. The monoisotopic (exact) mass is 277 g/mol. The number of carbonyl (C=O) groups is 1. The van der Waals surface area contributed by atoms with Gasteiger partial charge in [0.25, 0.3) is 0 Å². The molecule has 0 heterocycles. The van der Waals surface area contributed by atoms with Crippen molar-refractivity contribution in [3.63, 3.8) is 0 Å². The van der Waals surface area contributed by atoms with Crippen molar-refractivity contribution in [3.8, 4) is 5.75 Å². The SMILES string of the molecule is COc1ccc(C=O)cc1CN(C)CC1(O)CCCC1. The van der Waals surface area contributed by atoms with E-state index in [9.17, 15) is 9.90 Å². The average molecular weight is 277 g/mol. The molecule has 1 aromatic carbocycles. The number of hydrogen-bond acceptors (Lipinski definition) is 4. The smallest absolute Gasteiger partial charge is 0.150 e. The van der Waals surface area contributed by atoms with Crippen LogP contribution in [-0.2, 0) is 6.54 Å². The predicted octanol–water partition coefficient (Wildman–Crippen LogP) is 2.24. The molecule has 0 aromatic heterocycles. The van der Waals surface area contributed by atoms with Gasteiger partial charge in [-0.3, -0.25) is 9.69 Å². The van der Waals surface area contributed by atoms with Crippen LogP contribution in [0, 0.1) is 0 Å². The van der Waals surface area contributed by atoms with Gasteiger partial charge in [0.05, 0.1) is 12.7 Å². The zero-order chi connectivity index (χ0) is 14.6. The topological polar surface area (TPSA) is 49.8 Å². The molecule has 0 unspecified atom stereocenters. The van der Waals surface area contributed by atoms with Crippen LogP contribution in [0.3, 0.4) is 0 Å². The normalized spacial score (nSPS) is 17.4. The third-order valence-corrected chi connectivity index (χ3v) is 3.98. The van der Waals surface area contributed by atoms with E-state index >= 15 is 0 Å². The fraction of sp³-hybridized carbons (Fsp3) is 0.562. The fourth-order valence-electron chi connectivity index (χ4n) is 3.04. The van der Waals surface area contributed by atoms with E-state index in [-0.39, 0.29) is 0 Å². The van der Waals surface area contributed by atoms with Gasteiger partial charge in [-0.05, 0) is 38.1 Å². The van der Waals surface area contributed by atoms with E-state index in [2.05, 4.69) is 4.90 Å². The minimum absolute atomic E-state index is 0.551. The molecule has 0 amide bonds. The number of hydrogen-bond donors (Lipinski definition) is 1. The van der Waals surface area contributed by atoms with Gasteiger partial charge in [0.15, 0.2) is 0 Å². The Morgan fingerprint density at radius 1 is 1.40 bits per heavy atom. The Labute approximate surface area is 120 Å². The molecular formula is C16H23NO3. The average Bonchev–Trinajstić information content (AvgIpc) is 2.84. The summed E-state index contributed by atoms with van der Waals surface area (Å²) in [6.07, 6.45) is 4.81.